The van der Waals surface area contributed by atoms with Gasteiger partial charge in [-0.05, 0) is 37.7 Å². The molecular formula is C28H30Cl2N2O8. The summed E-state index contributed by atoms with van der Waals surface area (Å²) in [5.74, 6) is -6.36. The number of aliphatic carboxylic acids is 1. The first kappa shape index (κ1) is 28.4. The average molecular weight is 593 g/mol. The number of hydrogen-bond acceptors (Lipinski definition) is 7. The molecule has 4 amide bonds. The number of nitrogens with zero attached hydrogens (tertiary/aromatic N) is 2. The Kier molecular flexibility index (Phi) is 7.15. The summed E-state index contributed by atoms with van der Waals surface area (Å²) in [6.07, 6.45) is 3.36. The fourth-order valence-electron chi connectivity index (χ4n) is 7.04. The highest BCUT2D eigenvalue weighted by Gasteiger charge is 2.76. The smallest absolute Gasteiger partial charge is 0.303 e. The second kappa shape index (κ2) is 10.1. The Balaban J connectivity index is 1.55. The third-order valence-electron chi connectivity index (χ3n) is 8.94. The maximum Gasteiger partial charge on any atom is 0.303 e. The molecule has 40 heavy (non-hydrogen) atoms. The number of likely N-dealkylation sites (tertiary alicyclic amines) is 2. The van der Waals surface area contributed by atoms with Gasteiger partial charge in [-0.2, -0.15) is 0 Å². The summed E-state index contributed by atoms with van der Waals surface area (Å²) in [5.41, 5.74) is 0.814. The molecule has 2 aliphatic heterocycles. The predicted octanol–water partition coefficient (Wildman–Crippen LogP) is 3.03. The van der Waals surface area contributed by atoms with Crippen molar-refractivity contribution < 1.29 is 38.9 Å². The Labute approximate surface area is 240 Å². The number of aromatic hydroxyl groups is 1. The van der Waals surface area contributed by atoms with Crippen LogP contribution in [0.1, 0.15) is 50.0 Å². The number of phenolic OH excluding ortho intramolecular Hbond substituents is 1. The Morgan fingerprint density at radius 2 is 1.80 bits per heavy atom. The molecule has 6 atom stereocenters. The minimum absolute atomic E-state index is 0.0141. The van der Waals surface area contributed by atoms with Crippen molar-refractivity contribution in [3.8, 4) is 11.5 Å². The van der Waals surface area contributed by atoms with Gasteiger partial charge in [0, 0.05) is 31.5 Å². The van der Waals surface area contributed by atoms with E-state index in [2.05, 4.69) is 0 Å². The van der Waals surface area contributed by atoms with Crippen LogP contribution in [0, 0.1) is 17.8 Å². The van der Waals surface area contributed by atoms with Gasteiger partial charge in [-0.15, -0.1) is 23.2 Å². The van der Waals surface area contributed by atoms with Gasteiger partial charge in [0.1, 0.15) is 0 Å². The quantitative estimate of drug-likeness (QED) is 0.203. The maximum atomic E-state index is 13.8. The van der Waals surface area contributed by atoms with E-state index in [9.17, 15) is 29.1 Å². The lowest BCUT2D eigenvalue weighted by molar-refractivity contribution is -0.141. The van der Waals surface area contributed by atoms with Gasteiger partial charge in [-0.25, -0.2) is 0 Å². The van der Waals surface area contributed by atoms with Crippen molar-refractivity contribution in [2.45, 2.75) is 54.2 Å². The number of alkyl halides is 2. The van der Waals surface area contributed by atoms with Gasteiger partial charge in [-0.1, -0.05) is 30.2 Å². The van der Waals surface area contributed by atoms with E-state index in [1.165, 1.54) is 19.1 Å². The van der Waals surface area contributed by atoms with Gasteiger partial charge >= 0.3 is 5.97 Å². The SMILES string of the molecule is COc1cccc(C2C3=CCC4C(=O)N(CCCCCC(=O)O)C(=O)C4C3CC3(Cl)C(=O)N(C)C(=O)C23Cl)c1O. The Hall–Kier alpha value is -3.11. The molecule has 1 aromatic carbocycles. The summed E-state index contributed by atoms with van der Waals surface area (Å²) in [6, 6.07) is 4.75. The zero-order valence-electron chi connectivity index (χ0n) is 22.1. The zero-order chi connectivity index (χ0) is 29.1. The van der Waals surface area contributed by atoms with E-state index in [0.717, 1.165) is 4.90 Å². The van der Waals surface area contributed by atoms with Crippen molar-refractivity contribution in [2.75, 3.05) is 20.7 Å². The number of imide groups is 2. The number of para-hydroxylation sites is 1. The fraction of sp³-hybridized carbons (Fsp3) is 0.536. The molecule has 214 valence electrons. The Morgan fingerprint density at radius 1 is 1.07 bits per heavy atom. The third-order valence-corrected chi connectivity index (χ3v) is 10.4. The number of halogens is 2. The molecule has 2 heterocycles. The summed E-state index contributed by atoms with van der Waals surface area (Å²) in [5, 5.41) is 20.0. The number of hydrogen-bond donors (Lipinski definition) is 2. The number of carboxylic acid groups (broad SMARTS) is 1. The third kappa shape index (κ3) is 3.86. The molecular weight excluding hydrogens is 563 g/mol. The van der Waals surface area contributed by atoms with E-state index in [4.69, 9.17) is 33.0 Å². The van der Waals surface area contributed by atoms with Crippen LogP contribution in [0.4, 0.5) is 0 Å². The minimum Gasteiger partial charge on any atom is -0.504 e. The Morgan fingerprint density at radius 3 is 2.48 bits per heavy atom. The van der Waals surface area contributed by atoms with Crippen LogP contribution in [0.5, 0.6) is 11.5 Å². The average Bonchev–Trinajstić information content (AvgIpc) is 3.23. The van der Waals surface area contributed by atoms with Crippen LogP contribution >= 0.6 is 23.2 Å². The van der Waals surface area contributed by atoms with Crippen LogP contribution in [0.15, 0.2) is 29.8 Å². The second-order valence-electron chi connectivity index (χ2n) is 10.9. The van der Waals surface area contributed by atoms with Gasteiger partial charge in [0.15, 0.2) is 21.2 Å². The molecule has 2 saturated heterocycles. The van der Waals surface area contributed by atoms with Crippen molar-refractivity contribution in [1.29, 1.82) is 0 Å². The van der Waals surface area contributed by atoms with E-state index in [-0.39, 0.29) is 54.7 Å². The molecule has 2 aliphatic carbocycles. The van der Waals surface area contributed by atoms with Crippen molar-refractivity contribution >= 4 is 52.8 Å². The second-order valence-corrected chi connectivity index (χ2v) is 12.2. The highest BCUT2D eigenvalue weighted by molar-refractivity contribution is 6.53. The number of benzene rings is 1. The van der Waals surface area contributed by atoms with Gasteiger partial charge in [0.25, 0.3) is 11.8 Å². The topological polar surface area (TPSA) is 142 Å². The molecule has 0 spiro atoms. The van der Waals surface area contributed by atoms with Crippen LogP contribution in [-0.4, -0.2) is 80.1 Å². The summed E-state index contributed by atoms with van der Waals surface area (Å²) < 4.78 is 5.29. The number of phenols is 1. The molecule has 1 aromatic rings. The molecule has 2 N–H and O–H groups in total. The van der Waals surface area contributed by atoms with Crippen LogP contribution in [0.25, 0.3) is 0 Å². The number of amides is 4. The molecule has 4 aliphatic rings. The number of rotatable bonds is 8. The summed E-state index contributed by atoms with van der Waals surface area (Å²) in [6.45, 7) is 0.165. The molecule has 0 radical (unpaired) electrons. The summed E-state index contributed by atoms with van der Waals surface area (Å²) >= 11 is 14.2. The normalized spacial score (nSPS) is 33.0. The lowest BCUT2D eigenvalue weighted by atomic mass is 9.56. The van der Waals surface area contributed by atoms with Crippen molar-refractivity contribution in [3.05, 3.63) is 35.4 Å². The first-order chi connectivity index (χ1) is 18.9. The van der Waals surface area contributed by atoms with Gasteiger partial charge in [0.05, 0.1) is 18.9 Å². The highest BCUT2D eigenvalue weighted by atomic mass is 35.5. The van der Waals surface area contributed by atoms with E-state index in [0.29, 0.717) is 24.8 Å². The zero-order valence-corrected chi connectivity index (χ0v) is 23.6. The number of carbonyl (C=O) groups is 5. The number of fused-ring (bicyclic) bond motifs is 4. The van der Waals surface area contributed by atoms with Crippen molar-refractivity contribution in [2.24, 2.45) is 17.8 Å². The van der Waals surface area contributed by atoms with E-state index >= 15 is 0 Å². The number of unbranched alkanes of at least 4 members (excludes halogenated alkanes) is 2. The van der Waals surface area contributed by atoms with Gasteiger partial charge in [-0.3, -0.25) is 33.8 Å². The minimum atomic E-state index is -1.99. The molecule has 6 unspecified atom stereocenters. The molecule has 12 heteroatoms. The van der Waals surface area contributed by atoms with Gasteiger partial charge < -0.3 is 14.9 Å². The molecule has 10 nitrogen and oxygen atoms in total. The maximum absolute atomic E-state index is 13.8. The summed E-state index contributed by atoms with van der Waals surface area (Å²) in [4.78, 5) is 63.2. The number of allylic oxidation sites excluding steroid dienone is 2. The molecule has 3 fully saturated rings. The van der Waals surface area contributed by atoms with E-state index < -0.39 is 51.2 Å². The van der Waals surface area contributed by atoms with Crippen molar-refractivity contribution in [1.82, 2.24) is 9.80 Å². The largest absolute Gasteiger partial charge is 0.504 e. The molecule has 5 rings (SSSR count). The van der Waals surface area contributed by atoms with Gasteiger partial charge in [0.2, 0.25) is 11.8 Å². The first-order valence-corrected chi connectivity index (χ1v) is 14.0. The summed E-state index contributed by atoms with van der Waals surface area (Å²) in [7, 11) is 2.68. The van der Waals surface area contributed by atoms with Crippen molar-refractivity contribution in [3.63, 3.8) is 0 Å². The van der Waals surface area contributed by atoms with E-state index in [1.807, 2.05) is 0 Å². The number of carboxylic acids is 1. The van der Waals surface area contributed by atoms with E-state index in [1.54, 1.807) is 24.3 Å². The Bertz CT molecular complexity index is 1350. The number of carbonyl (C=O) groups excluding carboxylic acids is 4. The number of methoxy groups -OCH3 is 1. The lowest BCUT2D eigenvalue weighted by Crippen LogP contribution is -2.60. The standard InChI is InChI=1S/C28H30Cl2N2O8/c1-31-25(38)27(29)13-17-14(21(28(27,30)26(31)39)16-7-6-8-18(40-2)22(16)35)10-11-15-20(17)24(37)32(23(15)36)12-5-3-4-9-19(33)34/h6-8,10,15,17,20-21,35H,3-5,9,11-13H2,1-2H3,(H,33,34). The number of ether oxygens (including phenoxy) is 1. The highest BCUT2D eigenvalue weighted by Crippen LogP contribution is 2.66. The molecule has 1 saturated carbocycles. The monoisotopic (exact) mass is 592 g/mol. The fourth-order valence-corrected chi connectivity index (χ4v) is 8.05. The van der Waals surface area contributed by atoms with Crippen LogP contribution in [0.2, 0.25) is 0 Å². The van der Waals surface area contributed by atoms with Crippen LogP contribution in [-0.2, 0) is 24.0 Å². The lowest BCUT2D eigenvalue weighted by Gasteiger charge is -2.50. The molecule has 0 bridgehead atoms. The van der Waals surface area contributed by atoms with Crippen LogP contribution < -0.4 is 4.74 Å². The van der Waals surface area contributed by atoms with Crippen LogP contribution in [0.3, 0.4) is 0 Å². The molecule has 0 aromatic heterocycles. The first-order valence-electron chi connectivity index (χ1n) is 13.2. The predicted molar refractivity (Wildman–Crippen MR) is 143 cm³/mol.